The van der Waals surface area contributed by atoms with Crippen molar-refractivity contribution in [2.24, 2.45) is 0 Å². The molecule has 6 heteroatoms. The molecular weight excluding hydrogens is 284 g/mol. The summed E-state index contributed by atoms with van der Waals surface area (Å²) in [6, 6.07) is 7.59. The molecule has 2 rings (SSSR count). The van der Waals surface area contributed by atoms with Crippen LogP contribution >= 0.6 is 0 Å². The highest BCUT2D eigenvalue weighted by atomic mass is 16.7. The molecule has 0 aliphatic carbocycles. The Morgan fingerprint density at radius 3 is 2.00 bits per heavy atom. The molecule has 0 bridgehead atoms. The maximum atomic E-state index is 12.2. The maximum absolute atomic E-state index is 12.2. The second kappa shape index (κ2) is 5.71. The molecule has 0 saturated carbocycles. The van der Waals surface area contributed by atoms with Crippen molar-refractivity contribution in [3.63, 3.8) is 0 Å². The number of hydrogen-bond donors (Lipinski definition) is 1. The number of benzene rings is 1. The summed E-state index contributed by atoms with van der Waals surface area (Å²) < 4.78 is 10.3. The number of hydrogen-bond acceptors (Lipinski definition) is 6. The Balaban J connectivity index is 2.39. The van der Waals surface area contributed by atoms with Crippen LogP contribution in [0.25, 0.3) is 0 Å². The normalized spacial score (nSPS) is 16.7. The lowest BCUT2D eigenvalue weighted by molar-refractivity contribution is -0.222. The Bertz CT molecular complexity index is 608. The van der Waals surface area contributed by atoms with Crippen molar-refractivity contribution in [3.8, 4) is 0 Å². The van der Waals surface area contributed by atoms with Gasteiger partial charge >= 0.3 is 11.9 Å². The lowest BCUT2D eigenvalue weighted by atomic mass is 10.2. The molecule has 0 radical (unpaired) electrons. The molecule has 1 aromatic rings. The van der Waals surface area contributed by atoms with Gasteiger partial charge < -0.3 is 19.7 Å². The molecule has 1 heterocycles. The third kappa shape index (κ3) is 3.39. The molecule has 0 aromatic heterocycles. The molecule has 22 heavy (non-hydrogen) atoms. The summed E-state index contributed by atoms with van der Waals surface area (Å²) in [5, 5.41) is 3.07. The number of anilines is 1. The average Bonchev–Trinajstić information content (AvgIpc) is 2.37. The number of nitrogens with one attached hydrogen (secondary N) is 1. The Morgan fingerprint density at radius 1 is 1.05 bits per heavy atom. The van der Waals surface area contributed by atoms with Gasteiger partial charge in [-0.2, -0.15) is 0 Å². The highest BCUT2D eigenvalue weighted by molar-refractivity contribution is 6.16. The standard InChI is InChI=1S/C16H20N2O4/c1-10-6-8-11(9-7-10)17-13(18(4)5)12-14(19)21-16(2,3)22-15(12)20/h6-9,17H,1-5H3. The molecule has 1 saturated heterocycles. The van der Waals surface area contributed by atoms with Crippen molar-refractivity contribution >= 4 is 17.6 Å². The largest absolute Gasteiger partial charge is 0.419 e. The van der Waals surface area contributed by atoms with E-state index in [4.69, 9.17) is 9.47 Å². The van der Waals surface area contributed by atoms with Crippen LogP contribution in [0.15, 0.2) is 35.7 Å². The number of cyclic esters (lactones) is 2. The van der Waals surface area contributed by atoms with Gasteiger partial charge in [0.15, 0.2) is 5.57 Å². The smallest absolute Gasteiger partial charge is 0.352 e. The quantitative estimate of drug-likeness (QED) is 0.523. The molecule has 1 aliphatic heterocycles. The van der Waals surface area contributed by atoms with Crippen LogP contribution in [0.2, 0.25) is 0 Å². The zero-order chi connectivity index (χ0) is 16.5. The highest BCUT2D eigenvalue weighted by Crippen LogP contribution is 2.26. The van der Waals surface area contributed by atoms with Gasteiger partial charge in [0.2, 0.25) is 0 Å². The minimum absolute atomic E-state index is 0.148. The fourth-order valence-electron chi connectivity index (χ4n) is 2.02. The van der Waals surface area contributed by atoms with Crippen LogP contribution in [0.4, 0.5) is 5.69 Å². The van der Waals surface area contributed by atoms with Gasteiger partial charge in [-0.05, 0) is 19.1 Å². The van der Waals surface area contributed by atoms with Crippen LogP contribution < -0.4 is 5.32 Å². The summed E-state index contributed by atoms with van der Waals surface area (Å²) in [7, 11) is 3.45. The van der Waals surface area contributed by atoms with Gasteiger partial charge in [0, 0.05) is 33.6 Å². The lowest BCUT2D eigenvalue weighted by Gasteiger charge is -2.32. The Morgan fingerprint density at radius 2 is 1.55 bits per heavy atom. The Labute approximate surface area is 129 Å². The molecule has 0 amide bonds. The summed E-state index contributed by atoms with van der Waals surface area (Å²) in [4.78, 5) is 26.0. The Kier molecular flexibility index (Phi) is 4.12. The number of rotatable bonds is 3. The molecule has 1 N–H and O–H groups in total. The monoisotopic (exact) mass is 304 g/mol. The van der Waals surface area contributed by atoms with E-state index >= 15 is 0 Å². The van der Waals surface area contributed by atoms with Crippen molar-refractivity contribution < 1.29 is 19.1 Å². The summed E-state index contributed by atoms with van der Waals surface area (Å²) in [6.07, 6.45) is 0. The van der Waals surface area contributed by atoms with E-state index in [2.05, 4.69) is 5.32 Å². The van der Waals surface area contributed by atoms with Crippen LogP contribution in [0.1, 0.15) is 19.4 Å². The third-order valence-corrected chi connectivity index (χ3v) is 3.08. The van der Waals surface area contributed by atoms with E-state index in [9.17, 15) is 9.59 Å². The molecule has 1 aromatic carbocycles. The first-order valence-corrected chi connectivity index (χ1v) is 6.91. The fraction of sp³-hybridized carbons (Fsp3) is 0.375. The number of carbonyl (C=O) groups excluding carboxylic acids is 2. The van der Waals surface area contributed by atoms with Gasteiger partial charge in [-0.1, -0.05) is 17.7 Å². The molecule has 6 nitrogen and oxygen atoms in total. The zero-order valence-electron chi connectivity index (χ0n) is 13.4. The lowest BCUT2D eigenvalue weighted by Crippen LogP contribution is -2.44. The number of aryl methyl sites for hydroxylation is 1. The van der Waals surface area contributed by atoms with Crippen LogP contribution in [-0.2, 0) is 19.1 Å². The molecule has 0 atom stereocenters. The molecule has 0 spiro atoms. The number of carbonyl (C=O) groups is 2. The van der Waals surface area contributed by atoms with E-state index in [-0.39, 0.29) is 5.57 Å². The molecule has 1 aliphatic rings. The summed E-state index contributed by atoms with van der Waals surface area (Å²) >= 11 is 0. The van der Waals surface area contributed by atoms with E-state index in [1.807, 2.05) is 31.2 Å². The summed E-state index contributed by atoms with van der Waals surface area (Å²) in [6.45, 7) is 5.01. The number of esters is 2. The second-order valence-electron chi connectivity index (χ2n) is 5.79. The van der Waals surface area contributed by atoms with Crippen LogP contribution in [0.5, 0.6) is 0 Å². The molecule has 0 unspecified atom stereocenters. The van der Waals surface area contributed by atoms with E-state index in [1.54, 1.807) is 19.0 Å². The Hall–Kier alpha value is -2.50. The highest BCUT2D eigenvalue weighted by Gasteiger charge is 2.41. The minimum atomic E-state index is -1.25. The van der Waals surface area contributed by atoms with E-state index < -0.39 is 17.7 Å². The fourth-order valence-corrected chi connectivity index (χ4v) is 2.02. The van der Waals surface area contributed by atoms with Crippen molar-refractivity contribution in [2.75, 3.05) is 19.4 Å². The predicted octanol–water partition coefficient (Wildman–Crippen LogP) is 2.02. The zero-order valence-corrected chi connectivity index (χ0v) is 13.4. The average molecular weight is 304 g/mol. The third-order valence-electron chi connectivity index (χ3n) is 3.08. The van der Waals surface area contributed by atoms with E-state index in [1.165, 1.54) is 13.8 Å². The number of ether oxygens (including phenoxy) is 2. The van der Waals surface area contributed by atoms with Crippen LogP contribution in [-0.4, -0.2) is 36.7 Å². The maximum Gasteiger partial charge on any atom is 0.352 e. The SMILES string of the molecule is Cc1ccc(NC(=C2C(=O)OC(C)(C)OC2=O)N(C)C)cc1. The van der Waals surface area contributed by atoms with Gasteiger partial charge in [-0.25, -0.2) is 9.59 Å². The van der Waals surface area contributed by atoms with Crippen molar-refractivity contribution in [1.82, 2.24) is 4.90 Å². The first kappa shape index (κ1) is 15.9. The van der Waals surface area contributed by atoms with Gasteiger partial charge in [0.25, 0.3) is 5.79 Å². The minimum Gasteiger partial charge on any atom is -0.419 e. The molecular formula is C16H20N2O4. The van der Waals surface area contributed by atoms with Gasteiger partial charge in [0.05, 0.1) is 0 Å². The second-order valence-corrected chi connectivity index (χ2v) is 5.79. The van der Waals surface area contributed by atoms with Crippen molar-refractivity contribution in [1.29, 1.82) is 0 Å². The van der Waals surface area contributed by atoms with Crippen molar-refractivity contribution in [2.45, 2.75) is 26.6 Å². The first-order chi connectivity index (χ1) is 10.2. The topological polar surface area (TPSA) is 67.9 Å². The summed E-state index contributed by atoms with van der Waals surface area (Å²) in [5.74, 6) is -2.33. The van der Waals surface area contributed by atoms with Gasteiger partial charge in [0.1, 0.15) is 5.82 Å². The van der Waals surface area contributed by atoms with Gasteiger partial charge in [-0.15, -0.1) is 0 Å². The van der Waals surface area contributed by atoms with Crippen molar-refractivity contribution in [3.05, 3.63) is 41.2 Å². The van der Waals surface area contributed by atoms with Crippen LogP contribution in [0, 0.1) is 6.92 Å². The van der Waals surface area contributed by atoms with Gasteiger partial charge in [-0.3, -0.25) is 0 Å². The first-order valence-electron chi connectivity index (χ1n) is 6.91. The van der Waals surface area contributed by atoms with E-state index in [0.29, 0.717) is 5.82 Å². The van der Waals surface area contributed by atoms with Crippen LogP contribution in [0.3, 0.4) is 0 Å². The molecule has 118 valence electrons. The molecule has 1 fully saturated rings. The predicted molar refractivity (Wildman–Crippen MR) is 81.8 cm³/mol. The number of nitrogens with zero attached hydrogens (tertiary/aromatic N) is 1. The summed E-state index contributed by atoms with van der Waals surface area (Å²) in [5.41, 5.74) is 1.72. The van der Waals surface area contributed by atoms with E-state index in [0.717, 1.165) is 11.3 Å².